The summed E-state index contributed by atoms with van der Waals surface area (Å²) >= 11 is 0. The Kier molecular flexibility index (Phi) is 2.64. The van der Waals surface area contributed by atoms with Crippen LogP contribution in [0.4, 0.5) is 13.2 Å². The monoisotopic (exact) mass is 260 g/mol. The van der Waals surface area contributed by atoms with Crippen LogP contribution in [-0.4, -0.2) is 9.31 Å². The third-order valence-electron chi connectivity index (χ3n) is 2.29. The molecule has 0 saturated carbocycles. The van der Waals surface area contributed by atoms with Gasteiger partial charge in [-0.15, -0.1) is 0 Å². The zero-order chi connectivity index (χ0) is 13.5. The molecule has 0 aliphatic rings. The standard InChI is InChI=1S/C10H7F3N2O3/c1-14-8(16)15(9(17)18-14)7-4-2-3-6(5-7)10(11,12)13/h2-5H,1H3. The smallest absolute Gasteiger partial charge is 0.317 e. The predicted octanol–water partition coefficient (Wildman–Crippen LogP) is 1.15. The molecule has 8 heteroatoms. The zero-order valence-corrected chi connectivity index (χ0v) is 9.06. The Balaban J connectivity index is 2.66. The molecule has 0 radical (unpaired) electrons. The van der Waals surface area contributed by atoms with Gasteiger partial charge >= 0.3 is 17.6 Å². The van der Waals surface area contributed by atoms with E-state index >= 15 is 0 Å². The van der Waals surface area contributed by atoms with Crippen molar-refractivity contribution in [2.45, 2.75) is 6.18 Å². The molecule has 0 amide bonds. The van der Waals surface area contributed by atoms with Crippen molar-refractivity contribution >= 4 is 0 Å². The number of alkyl halides is 3. The summed E-state index contributed by atoms with van der Waals surface area (Å²) in [6.45, 7) is 0. The van der Waals surface area contributed by atoms with Crippen molar-refractivity contribution in [1.29, 1.82) is 0 Å². The van der Waals surface area contributed by atoms with E-state index in [0.29, 0.717) is 15.4 Å². The van der Waals surface area contributed by atoms with Crippen molar-refractivity contribution in [2.24, 2.45) is 7.05 Å². The van der Waals surface area contributed by atoms with Crippen LogP contribution in [0.2, 0.25) is 0 Å². The topological polar surface area (TPSA) is 57.1 Å². The van der Waals surface area contributed by atoms with Crippen LogP contribution in [0.25, 0.3) is 5.69 Å². The number of nitrogens with zero attached hydrogens (tertiary/aromatic N) is 2. The van der Waals surface area contributed by atoms with E-state index in [4.69, 9.17) is 0 Å². The van der Waals surface area contributed by atoms with Gasteiger partial charge in [-0.3, -0.25) is 0 Å². The van der Waals surface area contributed by atoms with E-state index in [-0.39, 0.29) is 5.69 Å². The highest BCUT2D eigenvalue weighted by Crippen LogP contribution is 2.29. The van der Waals surface area contributed by atoms with E-state index in [0.717, 1.165) is 12.1 Å². The summed E-state index contributed by atoms with van der Waals surface area (Å²) in [5, 5.41) is 0. The lowest BCUT2D eigenvalue weighted by Gasteiger charge is -2.07. The van der Waals surface area contributed by atoms with Crippen molar-refractivity contribution in [3.05, 3.63) is 50.9 Å². The number of rotatable bonds is 1. The van der Waals surface area contributed by atoms with E-state index in [1.165, 1.54) is 13.1 Å². The molecule has 0 saturated heterocycles. The van der Waals surface area contributed by atoms with Crippen molar-refractivity contribution in [3.8, 4) is 5.69 Å². The van der Waals surface area contributed by atoms with Gasteiger partial charge in [-0.05, 0) is 18.2 Å². The molecule has 18 heavy (non-hydrogen) atoms. The van der Waals surface area contributed by atoms with E-state index < -0.39 is 23.2 Å². The molecule has 1 aromatic heterocycles. The summed E-state index contributed by atoms with van der Waals surface area (Å²) in [7, 11) is 1.19. The van der Waals surface area contributed by atoms with E-state index in [9.17, 15) is 22.8 Å². The van der Waals surface area contributed by atoms with Gasteiger partial charge in [0.15, 0.2) is 0 Å². The van der Waals surface area contributed by atoms with Crippen LogP contribution >= 0.6 is 0 Å². The van der Waals surface area contributed by atoms with Gasteiger partial charge < -0.3 is 4.52 Å². The lowest BCUT2D eigenvalue weighted by Crippen LogP contribution is -2.26. The fourth-order valence-corrected chi connectivity index (χ4v) is 1.45. The summed E-state index contributed by atoms with van der Waals surface area (Å²) in [4.78, 5) is 22.8. The number of hydrogen-bond donors (Lipinski definition) is 0. The molecule has 0 fully saturated rings. The quantitative estimate of drug-likeness (QED) is 0.772. The van der Waals surface area contributed by atoms with Crippen LogP contribution in [0.3, 0.4) is 0 Å². The number of hydrogen-bond acceptors (Lipinski definition) is 3. The van der Waals surface area contributed by atoms with Crippen molar-refractivity contribution < 1.29 is 17.7 Å². The summed E-state index contributed by atoms with van der Waals surface area (Å²) in [6.07, 6.45) is -4.55. The lowest BCUT2D eigenvalue weighted by atomic mass is 10.2. The van der Waals surface area contributed by atoms with Crippen molar-refractivity contribution in [3.63, 3.8) is 0 Å². The van der Waals surface area contributed by atoms with Crippen LogP contribution in [-0.2, 0) is 13.2 Å². The average Bonchev–Trinajstić information content (AvgIpc) is 2.52. The Morgan fingerprint density at radius 3 is 2.39 bits per heavy atom. The van der Waals surface area contributed by atoms with Crippen LogP contribution in [0.1, 0.15) is 5.56 Å². The van der Waals surface area contributed by atoms with E-state index in [1.807, 2.05) is 0 Å². The third-order valence-corrected chi connectivity index (χ3v) is 2.29. The second kappa shape index (κ2) is 3.90. The molecule has 96 valence electrons. The Bertz CT molecular complexity index is 693. The number of aromatic nitrogens is 2. The first-order valence-corrected chi connectivity index (χ1v) is 4.77. The molecular weight excluding hydrogens is 253 g/mol. The Hall–Kier alpha value is -2.25. The molecule has 0 N–H and O–H groups in total. The minimum Gasteiger partial charge on any atom is -0.317 e. The molecule has 0 spiro atoms. The predicted molar refractivity (Wildman–Crippen MR) is 54.5 cm³/mol. The molecule has 0 aliphatic carbocycles. The molecule has 5 nitrogen and oxygen atoms in total. The van der Waals surface area contributed by atoms with E-state index in [2.05, 4.69) is 4.52 Å². The zero-order valence-electron chi connectivity index (χ0n) is 9.06. The highest BCUT2D eigenvalue weighted by molar-refractivity contribution is 5.36. The van der Waals surface area contributed by atoms with Gasteiger partial charge in [-0.25, -0.2) is 9.59 Å². The highest BCUT2D eigenvalue weighted by Gasteiger charge is 2.30. The molecule has 2 rings (SSSR count). The summed E-state index contributed by atoms with van der Waals surface area (Å²) in [6, 6.07) is 3.88. The maximum atomic E-state index is 12.5. The van der Waals surface area contributed by atoms with Crippen LogP contribution in [0, 0.1) is 0 Å². The van der Waals surface area contributed by atoms with Crippen LogP contribution < -0.4 is 11.4 Å². The largest absolute Gasteiger partial charge is 0.447 e. The van der Waals surface area contributed by atoms with Crippen LogP contribution in [0.15, 0.2) is 38.4 Å². The van der Waals surface area contributed by atoms with Crippen molar-refractivity contribution in [1.82, 2.24) is 9.31 Å². The van der Waals surface area contributed by atoms with Gasteiger partial charge in [0.1, 0.15) is 0 Å². The molecule has 1 heterocycles. The van der Waals surface area contributed by atoms with Gasteiger partial charge in [-0.2, -0.15) is 22.5 Å². The van der Waals surface area contributed by atoms with Gasteiger partial charge in [0.25, 0.3) is 0 Å². The summed E-state index contributed by atoms with van der Waals surface area (Å²) in [5.74, 6) is -1.04. The molecule has 0 aliphatic heterocycles. The van der Waals surface area contributed by atoms with E-state index in [1.54, 1.807) is 0 Å². The second-order valence-electron chi connectivity index (χ2n) is 3.52. The Morgan fingerprint density at radius 2 is 1.89 bits per heavy atom. The molecule has 1 aromatic carbocycles. The first-order valence-electron chi connectivity index (χ1n) is 4.77. The minimum atomic E-state index is -4.55. The summed E-state index contributed by atoms with van der Waals surface area (Å²) in [5.41, 5.74) is -1.99. The lowest BCUT2D eigenvalue weighted by molar-refractivity contribution is -0.137. The van der Waals surface area contributed by atoms with Crippen LogP contribution in [0.5, 0.6) is 0 Å². The Labute approximate surface area is 97.6 Å². The number of benzene rings is 1. The molecule has 0 unspecified atom stereocenters. The van der Waals surface area contributed by atoms with Gasteiger partial charge in [0.05, 0.1) is 18.3 Å². The van der Waals surface area contributed by atoms with Gasteiger partial charge in [0, 0.05) is 0 Å². The fraction of sp³-hybridized carbons (Fsp3) is 0.200. The highest BCUT2D eigenvalue weighted by atomic mass is 19.4. The normalized spacial score (nSPS) is 11.8. The fourth-order valence-electron chi connectivity index (χ4n) is 1.45. The Morgan fingerprint density at radius 1 is 1.22 bits per heavy atom. The molecular formula is C10H7F3N2O3. The first-order chi connectivity index (χ1) is 8.30. The molecule has 0 bridgehead atoms. The van der Waals surface area contributed by atoms with Gasteiger partial charge in [-0.1, -0.05) is 6.07 Å². The number of halogens is 3. The molecule has 2 aromatic rings. The third kappa shape index (κ3) is 1.96. The van der Waals surface area contributed by atoms with Gasteiger partial charge in [0.2, 0.25) is 0 Å². The summed E-state index contributed by atoms with van der Waals surface area (Å²) < 4.78 is 43.1. The minimum absolute atomic E-state index is 0.191. The molecule has 0 atom stereocenters. The number of aryl methyl sites for hydroxylation is 1. The van der Waals surface area contributed by atoms with Crippen molar-refractivity contribution in [2.75, 3.05) is 0 Å². The second-order valence-corrected chi connectivity index (χ2v) is 3.52. The maximum absolute atomic E-state index is 12.5. The SMILES string of the molecule is Cn1oc(=O)n(-c2cccc(C(F)(F)F)c2)c1=O. The average molecular weight is 260 g/mol. The maximum Gasteiger partial charge on any atom is 0.447 e. The first kappa shape index (κ1) is 12.2.